The van der Waals surface area contributed by atoms with Crippen LogP contribution < -0.4 is 0 Å². The van der Waals surface area contributed by atoms with Crippen LogP contribution in [0.3, 0.4) is 0 Å². The quantitative estimate of drug-likeness (QED) is 0.783. The van der Waals surface area contributed by atoms with Gasteiger partial charge in [-0.1, -0.05) is 23.7 Å². The maximum Gasteiger partial charge on any atom is 0.150 e. The van der Waals surface area contributed by atoms with Crippen molar-refractivity contribution in [2.24, 2.45) is 0 Å². The summed E-state index contributed by atoms with van der Waals surface area (Å²) in [6.45, 7) is 2.82. The molecular weight excluding hydrogens is 238 g/mol. The maximum absolute atomic E-state index is 11.0. The Morgan fingerprint density at radius 3 is 3.00 bits per heavy atom. The topological polar surface area (TPSA) is 47.8 Å². The molecule has 2 rings (SSSR count). The molecule has 5 heteroatoms. The predicted molar refractivity (Wildman–Crippen MR) is 66.1 cm³/mol. The largest absolute Gasteiger partial charge is 0.298 e. The first-order valence-electron chi connectivity index (χ1n) is 5.40. The summed E-state index contributed by atoms with van der Waals surface area (Å²) in [4.78, 5) is 11.0. The minimum absolute atomic E-state index is 0.592. The summed E-state index contributed by atoms with van der Waals surface area (Å²) in [6, 6.07) is 5.16. The van der Waals surface area contributed by atoms with Crippen molar-refractivity contribution < 1.29 is 4.79 Å². The molecule has 0 bridgehead atoms. The third-order valence-electron chi connectivity index (χ3n) is 2.47. The van der Waals surface area contributed by atoms with Crippen LogP contribution in [-0.2, 0) is 6.54 Å². The molecule has 0 saturated carbocycles. The highest BCUT2D eigenvalue weighted by Gasteiger charge is 2.11. The van der Waals surface area contributed by atoms with E-state index in [-0.39, 0.29) is 0 Å². The van der Waals surface area contributed by atoms with Crippen molar-refractivity contribution in [3.8, 4) is 11.3 Å². The first kappa shape index (κ1) is 11.8. The molecule has 0 aliphatic carbocycles. The lowest BCUT2D eigenvalue weighted by Gasteiger charge is -2.07. The Morgan fingerprint density at radius 2 is 2.29 bits per heavy atom. The second-order valence-corrected chi connectivity index (χ2v) is 4.13. The summed E-state index contributed by atoms with van der Waals surface area (Å²) < 4.78 is 1.78. The Morgan fingerprint density at radius 1 is 1.47 bits per heavy atom. The van der Waals surface area contributed by atoms with Gasteiger partial charge in [0.05, 0.1) is 11.9 Å². The number of hydrogen-bond acceptors (Lipinski definition) is 3. The number of aldehydes is 1. The molecule has 1 aromatic carbocycles. The number of nitrogens with zero attached hydrogens (tertiary/aromatic N) is 3. The fraction of sp³-hybridized carbons (Fsp3) is 0.250. The summed E-state index contributed by atoms with van der Waals surface area (Å²) in [6.07, 6.45) is 3.41. The van der Waals surface area contributed by atoms with Gasteiger partial charge in [-0.15, -0.1) is 5.10 Å². The van der Waals surface area contributed by atoms with Gasteiger partial charge in [-0.25, -0.2) is 4.68 Å². The number of aryl methyl sites for hydroxylation is 1. The smallest absolute Gasteiger partial charge is 0.150 e. The first-order valence-corrected chi connectivity index (χ1v) is 5.77. The average Bonchev–Trinajstić information content (AvgIpc) is 2.77. The fourth-order valence-corrected chi connectivity index (χ4v) is 1.87. The number of benzene rings is 1. The zero-order valence-electron chi connectivity index (χ0n) is 9.43. The van der Waals surface area contributed by atoms with Gasteiger partial charge in [-0.3, -0.25) is 4.79 Å². The van der Waals surface area contributed by atoms with Crippen LogP contribution in [0.1, 0.15) is 23.7 Å². The molecule has 0 aliphatic heterocycles. The van der Waals surface area contributed by atoms with Gasteiger partial charge in [-0.2, -0.15) is 0 Å². The molecule has 0 spiro atoms. The molecule has 0 saturated heterocycles. The number of rotatable bonds is 4. The SMILES string of the molecule is CCCn1nncc1-c1cc(Cl)ccc1C=O. The van der Waals surface area contributed by atoms with Crippen LogP contribution >= 0.6 is 11.6 Å². The van der Waals surface area contributed by atoms with Gasteiger partial charge in [0.2, 0.25) is 0 Å². The Labute approximate surface area is 104 Å². The second kappa shape index (κ2) is 5.10. The fourth-order valence-electron chi connectivity index (χ4n) is 1.70. The van der Waals surface area contributed by atoms with Gasteiger partial charge in [-0.05, 0) is 24.6 Å². The van der Waals surface area contributed by atoms with E-state index in [0.29, 0.717) is 10.6 Å². The number of hydrogen-bond donors (Lipinski definition) is 0. The van der Waals surface area contributed by atoms with Gasteiger partial charge in [0.25, 0.3) is 0 Å². The van der Waals surface area contributed by atoms with Gasteiger partial charge < -0.3 is 0 Å². The Kier molecular flexibility index (Phi) is 3.54. The van der Waals surface area contributed by atoms with Crippen molar-refractivity contribution in [1.82, 2.24) is 15.0 Å². The zero-order chi connectivity index (χ0) is 12.3. The van der Waals surface area contributed by atoms with Crippen molar-refractivity contribution in [3.63, 3.8) is 0 Å². The monoisotopic (exact) mass is 249 g/mol. The van der Waals surface area contributed by atoms with Crippen LogP contribution in [-0.4, -0.2) is 21.3 Å². The molecule has 4 nitrogen and oxygen atoms in total. The van der Waals surface area contributed by atoms with E-state index in [0.717, 1.165) is 30.5 Å². The molecule has 0 N–H and O–H groups in total. The lowest BCUT2D eigenvalue weighted by Crippen LogP contribution is -2.02. The predicted octanol–water partition coefficient (Wildman–Crippen LogP) is 2.82. The second-order valence-electron chi connectivity index (χ2n) is 3.69. The number of carbonyl (C=O) groups is 1. The van der Waals surface area contributed by atoms with Crippen molar-refractivity contribution in [2.75, 3.05) is 0 Å². The van der Waals surface area contributed by atoms with Gasteiger partial charge >= 0.3 is 0 Å². The molecule has 1 heterocycles. The van der Waals surface area contributed by atoms with Gasteiger partial charge in [0.15, 0.2) is 6.29 Å². The third kappa shape index (κ3) is 2.36. The Hall–Kier alpha value is -1.68. The normalized spacial score (nSPS) is 10.5. The molecule has 0 amide bonds. The van der Waals surface area contributed by atoms with E-state index in [1.54, 1.807) is 29.1 Å². The molecule has 1 aromatic heterocycles. The minimum atomic E-state index is 0.592. The summed E-state index contributed by atoms with van der Waals surface area (Å²) >= 11 is 5.95. The molecule has 88 valence electrons. The minimum Gasteiger partial charge on any atom is -0.298 e. The van der Waals surface area contributed by atoms with E-state index in [1.165, 1.54) is 0 Å². The van der Waals surface area contributed by atoms with Crippen molar-refractivity contribution >= 4 is 17.9 Å². The van der Waals surface area contributed by atoms with E-state index >= 15 is 0 Å². The number of halogens is 1. The van der Waals surface area contributed by atoms with E-state index in [1.807, 2.05) is 0 Å². The van der Waals surface area contributed by atoms with E-state index in [2.05, 4.69) is 17.2 Å². The molecule has 2 aromatic rings. The Bertz CT molecular complexity index is 536. The highest BCUT2D eigenvalue weighted by molar-refractivity contribution is 6.31. The van der Waals surface area contributed by atoms with Crippen LogP contribution in [0.2, 0.25) is 5.02 Å². The van der Waals surface area contributed by atoms with Crippen LogP contribution in [0.15, 0.2) is 24.4 Å². The lowest BCUT2D eigenvalue weighted by atomic mass is 10.1. The average molecular weight is 250 g/mol. The zero-order valence-corrected chi connectivity index (χ0v) is 10.2. The molecule has 0 aliphatic rings. The third-order valence-corrected chi connectivity index (χ3v) is 2.71. The first-order chi connectivity index (χ1) is 8.26. The van der Waals surface area contributed by atoms with Crippen LogP contribution in [0, 0.1) is 0 Å². The summed E-state index contributed by atoms with van der Waals surface area (Å²) in [5.74, 6) is 0. The molecular formula is C12H12ClN3O. The van der Waals surface area contributed by atoms with E-state index in [9.17, 15) is 4.79 Å². The summed E-state index contributed by atoms with van der Waals surface area (Å²) in [5, 5.41) is 8.46. The highest BCUT2D eigenvalue weighted by Crippen LogP contribution is 2.25. The Balaban J connectivity index is 2.54. The summed E-state index contributed by atoms with van der Waals surface area (Å²) in [5.41, 5.74) is 2.18. The lowest BCUT2D eigenvalue weighted by molar-refractivity contribution is 0.112. The molecule has 0 unspecified atom stereocenters. The van der Waals surface area contributed by atoms with Crippen molar-refractivity contribution in [3.05, 3.63) is 35.0 Å². The molecule has 0 fully saturated rings. The van der Waals surface area contributed by atoms with Crippen molar-refractivity contribution in [1.29, 1.82) is 0 Å². The molecule has 0 radical (unpaired) electrons. The van der Waals surface area contributed by atoms with Crippen LogP contribution in [0.4, 0.5) is 0 Å². The van der Waals surface area contributed by atoms with Crippen molar-refractivity contribution in [2.45, 2.75) is 19.9 Å². The van der Waals surface area contributed by atoms with Crippen LogP contribution in [0.25, 0.3) is 11.3 Å². The highest BCUT2D eigenvalue weighted by atomic mass is 35.5. The number of carbonyl (C=O) groups excluding carboxylic acids is 1. The molecule has 17 heavy (non-hydrogen) atoms. The number of aromatic nitrogens is 3. The van der Waals surface area contributed by atoms with Gasteiger partial charge in [0.1, 0.15) is 0 Å². The maximum atomic E-state index is 11.0. The van der Waals surface area contributed by atoms with E-state index < -0.39 is 0 Å². The van der Waals surface area contributed by atoms with E-state index in [4.69, 9.17) is 11.6 Å². The summed E-state index contributed by atoms with van der Waals surface area (Å²) in [7, 11) is 0. The molecule has 0 atom stereocenters. The van der Waals surface area contributed by atoms with Gasteiger partial charge in [0, 0.05) is 22.7 Å². The van der Waals surface area contributed by atoms with Crippen LogP contribution in [0.5, 0.6) is 0 Å². The standard InChI is InChI=1S/C12H12ClN3O/c1-2-5-16-12(7-14-15-16)11-6-10(13)4-3-9(11)8-17/h3-4,6-8H,2,5H2,1H3.